The highest BCUT2D eigenvalue weighted by molar-refractivity contribution is 7.87. The minimum absolute atomic E-state index is 0.0875. The normalized spacial score (nSPS) is 11.1. The number of amides is 1. The van der Waals surface area contributed by atoms with Crippen LogP contribution in [0.4, 0.5) is 4.39 Å². The lowest BCUT2D eigenvalue weighted by Gasteiger charge is -2.12. The maximum atomic E-state index is 14.3. The fourth-order valence-electron chi connectivity index (χ4n) is 2.03. The fraction of sp³-hybridized carbons (Fsp3) is 0.235. The van der Waals surface area contributed by atoms with E-state index in [0.29, 0.717) is 6.61 Å². The van der Waals surface area contributed by atoms with Crippen molar-refractivity contribution in [2.45, 2.75) is 13.8 Å². The van der Waals surface area contributed by atoms with Gasteiger partial charge in [0.05, 0.1) is 23.9 Å². The fourth-order valence-corrected chi connectivity index (χ4v) is 2.61. The van der Waals surface area contributed by atoms with Crippen molar-refractivity contribution >= 4 is 27.7 Å². The van der Waals surface area contributed by atoms with Gasteiger partial charge in [-0.15, -0.1) is 0 Å². The Morgan fingerprint density at radius 1 is 1.41 bits per heavy atom. The van der Waals surface area contributed by atoms with E-state index in [0.717, 1.165) is 12.1 Å². The molecule has 0 radical (unpaired) electrons. The first-order valence-electron chi connectivity index (χ1n) is 8.05. The Balaban J connectivity index is 2.29. The minimum atomic E-state index is -4.40. The number of benzene rings is 1. The Hall–Kier alpha value is -2.94. The number of nitriles is 1. The van der Waals surface area contributed by atoms with Crippen LogP contribution in [0.2, 0.25) is 5.02 Å². The van der Waals surface area contributed by atoms with Crippen LogP contribution in [-0.4, -0.2) is 25.9 Å². The first-order chi connectivity index (χ1) is 13.5. The highest BCUT2D eigenvalue weighted by Gasteiger charge is 2.20. The molecule has 29 heavy (non-hydrogen) atoms. The van der Waals surface area contributed by atoms with Gasteiger partial charge in [0.2, 0.25) is 5.88 Å². The lowest BCUT2D eigenvalue weighted by molar-refractivity contribution is 0.0977. The molecule has 0 aliphatic rings. The molecule has 2 aromatic rings. The number of nitrogens with zero attached hydrogens (tertiary/aromatic N) is 2. The molecule has 9 nitrogen and oxygen atoms in total. The number of nitrogens with one attached hydrogen (secondary N) is 1. The molecule has 0 fully saturated rings. The van der Waals surface area contributed by atoms with Crippen molar-refractivity contribution in [2.24, 2.45) is 11.1 Å². The summed E-state index contributed by atoms with van der Waals surface area (Å²) in [6.07, 6.45) is 1.27. The Morgan fingerprint density at radius 3 is 2.66 bits per heavy atom. The summed E-state index contributed by atoms with van der Waals surface area (Å²) in [6, 6.07) is 4.69. The lowest BCUT2D eigenvalue weighted by atomic mass is 10.1. The number of halogens is 2. The number of nitrogens with two attached hydrogens (primary N) is 1. The van der Waals surface area contributed by atoms with Crippen molar-refractivity contribution < 1.29 is 27.1 Å². The van der Waals surface area contributed by atoms with Crippen LogP contribution in [0.1, 0.15) is 29.8 Å². The molecule has 1 amide bonds. The molecule has 1 aromatic heterocycles. The molecule has 0 bridgehead atoms. The summed E-state index contributed by atoms with van der Waals surface area (Å²) in [5.41, 5.74) is -0.932. The number of aromatic nitrogens is 1. The van der Waals surface area contributed by atoms with Gasteiger partial charge in [0.15, 0.2) is 0 Å². The zero-order valence-electron chi connectivity index (χ0n) is 15.3. The van der Waals surface area contributed by atoms with E-state index in [2.05, 4.69) is 10.1 Å². The highest BCUT2D eigenvalue weighted by atomic mass is 35.5. The van der Waals surface area contributed by atoms with Crippen molar-refractivity contribution in [3.8, 4) is 23.4 Å². The van der Waals surface area contributed by atoms with Gasteiger partial charge in [0.1, 0.15) is 28.4 Å². The molecule has 1 aromatic carbocycles. The van der Waals surface area contributed by atoms with Gasteiger partial charge in [-0.2, -0.15) is 13.7 Å². The standard InChI is InChI=1S/C17H16ClFN4O5S/c1-9(2)8-27-17-13(18)4-11(7-22-17)28-15-5-14(19)12(3-10(15)6-20)16(24)23-29(21,25)26/h3-5,7,9H,8H2,1-2H3,(H,23,24)(H2,21,25,26). The largest absolute Gasteiger partial charge is 0.476 e. The summed E-state index contributed by atoms with van der Waals surface area (Å²) in [5.74, 6) is -2.15. The molecule has 154 valence electrons. The average molecular weight is 443 g/mol. The van der Waals surface area contributed by atoms with Gasteiger partial charge in [-0.3, -0.25) is 4.79 Å². The molecule has 3 N–H and O–H groups in total. The maximum absolute atomic E-state index is 14.3. The van der Waals surface area contributed by atoms with E-state index >= 15 is 0 Å². The Bertz CT molecular complexity index is 1090. The van der Waals surface area contributed by atoms with Crippen LogP contribution in [0, 0.1) is 23.1 Å². The highest BCUT2D eigenvalue weighted by Crippen LogP contribution is 2.31. The summed E-state index contributed by atoms with van der Waals surface area (Å²) in [5, 5.41) is 14.1. The van der Waals surface area contributed by atoms with E-state index in [4.69, 9.17) is 21.1 Å². The van der Waals surface area contributed by atoms with Crippen molar-refractivity contribution in [3.63, 3.8) is 0 Å². The first kappa shape index (κ1) is 22.4. The number of carbonyl (C=O) groups is 1. The van der Waals surface area contributed by atoms with E-state index in [1.165, 1.54) is 17.0 Å². The molecular formula is C17H16ClFN4O5S. The summed E-state index contributed by atoms with van der Waals surface area (Å²) in [6.45, 7) is 4.31. The maximum Gasteiger partial charge on any atom is 0.298 e. The number of rotatable bonds is 7. The van der Waals surface area contributed by atoms with Gasteiger partial charge in [0, 0.05) is 12.1 Å². The van der Waals surface area contributed by atoms with Crippen molar-refractivity contribution in [2.75, 3.05) is 6.61 Å². The van der Waals surface area contributed by atoms with E-state index in [-0.39, 0.29) is 33.9 Å². The van der Waals surface area contributed by atoms with Gasteiger partial charge < -0.3 is 9.47 Å². The topological polar surface area (TPSA) is 144 Å². The van der Waals surface area contributed by atoms with Crippen LogP contribution in [0.3, 0.4) is 0 Å². The van der Waals surface area contributed by atoms with Gasteiger partial charge in [-0.25, -0.2) is 19.2 Å². The summed E-state index contributed by atoms with van der Waals surface area (Å²) in [4.78, 5) is 15.8. The van der Waals surface area contributed by atoms with Crippen molar-refractivity contribution in [1.82, 2.24) is 9.71 Å². The van der Waals surface area contributed by atoms with Crippen molar-refractivity contribution in [1.29, 1.82) is 5.26 Å². The number of hydrogen-bond donors (Lipinski definition) is 2. The Morgan fingerprint density at radius 2 is 2.10 bits per heavy atom. The van der Waals surface area contributed by atoms with E-state index in [1.807, 2.05) is 13.8 Å². The van der Waals surface area contributed by atoms with Crippen LogP contribution in [-0.2, 0) is 10.2 Å². The van der Waals surface area contributed by atoms with Crippen LogP contribution in [0.5, 0.6) is 17.4 Å². The summed E-state index contributed by atoms with van der Waals surface area (Å²) >= 11 is 6.08. The zero-order valence-corrected chi connectivity index (χ0v) is 16.8. The molecule has 0 saturated carbocycles. The third-order valence-corrected chi connectivity index (χ3v) is 3.97. The average Bonchev–Trinajstić information content (AvgIpc) is 2.59. The Labute approximate surface area is 171 Å². The molecular weight excluding hydrogens is 427 g/mol. The van der Waals surface area contributed by atoms with Crippen LogP contribution < -0.4 is 19.3 Å². The van der Waals surface area contributed by atoms with E-state index in [9.17, 15) is 22.9 Å². The second-order valence-corrected chi connectivity index (χ2v) is 7.88. The smallest absolute Gasteiger partial charge is 0.298 e. The third kappa shape index (κ3) is 6.28. The molecule has 0 spiro atoms. The molecule has 0 aliphatic heterocycles. The molecule has 1 heterocycles. The predicted molar refractivity (Wildman–Crippen MR) is 101 cm³/mol. The van der Waals surface area contributed by atoms with E-state index < -0.39 is 27.5 Å². The Kier molecular flexibility index (Phi) is 6.97. The number of pyridine rings is 1. The monoisotopic (exact) mass is 442 g/mol. The van der Waals surface area contributed by atoms with Gasteiger partial charge in [0.25, 0.3) is 16.1 Å². The van der Waals surface area contributed by atoms with Crippen LogP contribution in [0.25, 0.3) is 0 Å². The van der Waals surface area contributed by atoms with E-state index in [1.54, 1.807) is 6.07 Å². The molecule has 0 unspecified atom stereocenters. The molecule has 12 heteroatoms. The van der Waals surface area contributed by atoms with Crippen molar-refractivity contribution in [3.05, 3.63) is 46.4 Å². The molecule has 0 atom stereocenters. The molecule has 0 saturated heterocycles. The number of carbonyl (C=O) groups excluding carboxylic acids is 1. The van der Waals surface area contributed by atoms with Gasteiger partial charge >= 0.3 is 0 Å². The summed E-state index contributed by atoms with van der Waals surface area (Å²) < 4.78 is 48.4. The number of hydrogen-bond acceptors (Lipinski definition) is 7. The second-order valence-electron chi connectivity index (χ2n) is 6.18. The minimum Gasteiger partial charge on any atom is -0.476 e. The van der Waals surface area contributed by atoms with Crippen LogP contribution in [0.15, 0.2) is 24.4 Å². The quantitative estimate of drug-likeness (QED) is 0.670. The zero-order chi connectivity index (χ0) is 21.8. The second kappa shape index (κ2) is 9.04. The van der Waals surface area contributed by atoms with Crippen LogP contribution >= 0.6 is 11.6 Å². The molecule has 2 rings (SSSR count). The lowest BCUT2D eigenvalue weighted by Crippen LogP contribution is -2.36. The molecule has 0 aliphatic carbocycles. The van der Waals surface area contributed by atoms with Gasteiger partial charge in [-0.1, -0.05) is 25.4 Å². The summed E-state index contributed by atoms with van der Waals surface area (Å²) in [7, 11) is -4.40. The predicted octanol–water partition coefficient (Wildman–Crippen LogP) is 2.51. The van der Waals surface area contributed by atoms with Gasteiger partial charge in [-0.05, 0) is 12.0 Å². The SMILES string of the molecule is CC(C)COc1ncc(Oc2cc(F)c(C(=O)NS(N)(=O)=O)cc2C#N)cc1Cl. The number of ether oxygens (including phenoxy) is 2. The third-order valence-electron chi connectivity index (χ3n) is 3.23. The first-order valence-corrected chi connectivity index (χ1v) is 9.97.